The Labute approximate surface area is 171 Å². The van der Waals surface area contributed by atoms with Crippen LogP contribution in [0.25, 0.3) is 5.69 Å². The summed E-state index contributed by atoms with van der Waals surface area (Å²) < 4.78 is 1.81. The maximum absolute atomic E-state index is 12.7. The van der Waals surface area contributed by atoms with Crippen molar-refractivity contribution in [3.05, 3.63) is 78.1 Å². The van der Waals surface area contributed by atoms with Crippen molar-refractivity contribution < 1.29 is 4.79 Å². The van der Waals surface area contributed by atoms with Crippen LogP contribution in [-0.4, -0.2) is 39.7 Å². The van der Waals surface area contributed by atoms with Gasteiger partial charge in [0.1, 0.15) is 0 Å². The topological polar surface area (TPSA) is 50.2 Å². The minimum atomic E-state index is 0.0980. The molecule has 0 radical (unpaired) electrons. The van der Waals surface area contributed by atoms with Gasteiger partial charge in [0.05, 0.1) is 5.69 Å². The zero-order valence-electron chi connectivity index (χ0n) is 16.5. The smallest absolute Gasteiger partial charge is 0.227 e. The van der Waals surface area contributed by atoms with Crippen molar-refractivity contribution in [1.29, 1.82) is 0 Å². The number of carbonyl (C=O) groups is 1. The Hall–Kier alpha value is -2.92. The molecule has 5 heteroatoms. The first-order valence-corrected chi connectivity index (χ1v) is 10.5. The van der Waals surface area contributed by atoms with Gasteiger partial charge in [0.25, 0.3) is 0 Å². The molecule has 0 unspecified atom stereocenters. The Morgan fingerprint density at radius 2 is 1.62 bits per heavy atom. The molecule has 1 fully saturated rings. The highest BCUT2D eigenvalue weighted by atomic mass is 16.1. The Balaban J connectivity index is 1.14. The summed E-state index contributed by atoms with van der Waals surface area (Å²) in [5, 5.41) is 7.32. The number of amides is 1. The number of rotatable bonds is 4. The molecule has 0 spiro atoms. The third-order valence-electron chi connectivity index (χ3n) is 6.35. The molecule has 0 atom stereocenters. The van der Waals surface area contributed by atoms with E-state index in [-0.39, 0.29) is 11.8 Å². The van der Waals surface area contributed by atoms with Crippen molar-refractivity contribution >= 4 is 11.6 Å². The second-order valence-corrected chi connectivity index (χ2v) is 8.13. The average Bonchev–Trinajstić information content (AvgIpc) is 3.44. The van der Waals surface area contributed by atoms with Crippen LogP contribution in [0.2, 0.25) is 0 Å². The van der Waals surface area contributed by atoms with Crippen molar-refractivity contribution in [1.82, 2.24) is 14.7 Å². The van der Waals surface area contributed by atoms with Crippen LogP contribution >= 0.6 is 0 Å². The highest BCUT2D eigenvalue weighted by molar-refractivity contribution is 5.92. The molecule has 5 rings (SSSR count). The van der Waals surface area contributed by atoms with Crippen LogP contribution in [0.3, 0.4) is 0 Å². The Morgan fingerprint density at radius 1 is 0.931 bits per heavy atom. The largest absolute Gasteiger partial charge is 0.326 e. The molecule has 2 heterocycles. The molecule has 1 aliphatic carbocycles. The van der Waals surface area contributed by atoms with Gasteiger partial charge in [0, 0.05) is 30.0 Å². The average molecular weight is 386 g/mol. The maximum atomic E-state index is 12.7. The number of nitrogens with zero attached hydrogens (tertiary/aromatic N) is 3. The van der Waals surface area contributed by atoms with E-state index in [1.165, 1.54) is 11.1 Å². The SMILES string of the molecule is O=C(Nc1ccc(-n2cccn2)cc1)C1CCN(C2Cc3ccccc3C2)CC1. The van der Waals surface area contributed by atoms with Crippen LogP contribution in [-0.2, 0) is 17.6 Å². The molecule has 5 nitrogen and oxygen atoms in total. The second kappa shape index (κ2) is 7.84. The number of hydrogen-bond acceptors (Lipinski definition) is 3. The molecule has 2 aromatic carbocycles. The summed E-state index contributed by atoms with van der Waals surface area (Å²) in [5.41, 5.74) is 4.82. The van der Waals surface area contributed by atoms with Gasteiger partial charge in [-0.25, -0.2) is 4.68 Å². The summed E-state index contributed by atoms with van der Waals surface area (Å²) in [5.74, 6) is 0.243. The molecule has 29 heavy (non-hydrogen) atoms. The van der Waals surface area contributed by atoms with Gasteiger partial charge in [0.15, 0.2) is 0 Å². The number of benzene rings is 2. The lowest BCUT2D eigenvalue weighted by Crippen LogP contribution is -2.44. The lowest BCUT2D eigenvalue weighted by atomic mass is 9.94. The minimum Gasteiger partial charge on any atom is -0.326 e. The van der Waals surface area contributed by atoms with Gasteiger partial charge in [-0.15, -0.1) is 0 Å². The van der Waals surface area contributed by atoms with Crippen molar-refractivity contribution in [2.75, 3.05) is 18.4 Å². The molecule has 2 aliphatic rings. The fraction of sp³-hybridized carbons (Fsp3) is 0.333. The highest BCUT2D eigenvalue weighted by Crippen LogP contribution is 2.29. The van der Waals surface area contributed by atoms with E-state index >= 15 is 0 Å². The van der Waals surface area contributed by atoms with Gasteiger partial charge in [-0.1, -0.05) is 24.3 Å². The monoisotopic (exact) mass is 386 g/mol. The summed E-state index contributed by atoms with van der Waals surface area (Å²) >= 11 is 0. The summed E-state index contributed by atoms with van der Waals surface area (Å²) in [6, 6.07) is 19.1. The number of hydrogen-bond donors (Lipinski definition) is 1. The van der Waals surface area contributed by atoms with Gasteiger partial charge in [-0.2, -0.15) is 5.10 Å². The van der Waals surface area contributed by atoms with Crippen LogP contribution in [0.15, 0.2) is 67.0 Å². The summed E-state index contributed by atoms with van der Waals surface area (Å²) in [7, 11) is 0. The van der Waals surface area contributed by atoms with Crippen LogP contribution in [0, 0.1) is 5.92 Å². The number of piperidine rings is 1. The maximum Gasteiger partial charge on any atom is 0.227 e. The first-order chi connectivity index (χ1) is 14.3. The van der Waals surface area contributed by atoms with Gasteiger partial charge in [-0.05, 0) is 80.2 Å². The molecular formula is C24H26N4O. The molecule has 0 saturated carbocycles. The van der Waals surface area contributed by atoms with E-state index in [0.29, 0.717) is 6.04 Å². The zero-order valence-corrected chi connectivity index (χ0v) is 16.5. The first kappa shape index (κ1) is 18.1. The van der Waals surface area contributed by atoms with Crippen LogP contribution in [0.4, 0.5) is 5.69 Å². The van der Waals surface area contributed by atoms with E-state index < -0.39 is 0 Å². The van der Waals surface area contributed by atoms with E-state index in [0.717, 1.165) is 50.1 Å². The number of aromatic nitrogens is 2. The van der Waals surface area contributed by atoms with Gasteiger partial charge < -0.3 is 5.32 Å². The van der Waals surface area contributed by atoms with Crippen molar-refractivity contribution in [2.45, 2.75) is 31.7 Å². The fourth-order valence-corrected chi connectivity index (χ4v) is 4.68. The number of anilines is 1. The van der Waals surface area contributed by atoms with Crippen molar-refractivity contribution in [3.8, 4) is 5.69 Å². The van der Waals surface area contributed by atoms with Crippen LogP contribution < -0.4 is 5.32 Å². The first-order valence-electron chi connectivity index (χ1n) is 10.5. The predicted octanol–water partition coefficient (Wildman–Crippen LogP) is 3.69. The standard InChI is InChI=1S/C24H26N4O/c29-24(26-21-6-8-22(9-7-21)28-13-3-12-25-28)18-10-14-27(15-11-18)23-16-19-4-1-2-5-20(19)17-23/h1-9,12-13,18,23H,10-11,14-17H2,(H,26,29). The normalized spacial score (nSPS) is 17.9. The van der Waals surface area contributed by atoms with Gasteiger partial charge in [0.2, 0.25) is 5.91 Å². The van der Waals surface area contributed by atoms with E-state index in [1.54, 1.807) is 6.20 Å². The quantitative estimate of drug-likeness (QED) is 0.744. The molecular weight excluding hydrogens is 360 g/mol. The fourth-order valence-electron chi connectivity index (χ4n) is 4.68. The number of fused-ring (bicyclic) bond motifs is 1. The second-order valence-electron chi connectivity index (χ2n) is 8.13. The van der Waals surface area contributed by atoms with Gasteiger partial charge in [-0.3, -0.25) is 9.69 Å². The lowest BCUT2D eigenvalue weighted by molar-refractivity contribution is -0.121. The van der Waals surface area contributed by atoms with Crippen molar-refractivity contribution in [2.24, 2.45) is 5.92 Å². The number of nitrogens with one attached hydrogen (secondary N) is 1. The molecule has 1 saturated heterocycles. The highest BCUT2D eigenvalue weighted by Gasteiger charge is 2.31. The minimum absolute atomic E-state index is 0.0980. The summed E-state index contributed by atoms with van der Waals surface area (Å²) in [6.45, 7) is 2.02. The van der Waals surface area contributed by atoms with Crippen LogP contribution in [0.5, 0.6) is 0 Å². The third kappa shape index (κ3) is 3.83. The van der Waals surface area contributed by atoms with E-state index in [1.807, 2.05) is 41.2 Å². The Bertz CT molecular complexity index is 947. The van der Waals surface area contributed by atoms with E-state index in [9.17, 15) is 4.79 Å². The zero-order chi connectivity index (χ0) is 19.6. The Morgan fingerprint density at radius 3 is 2.24 bits per heavy atom. The molecule has 0 bridgehead atoms. The molecule has 148 valence electrons. The molecule has 1 amide bonds. The Kier molecular flexibility index (Phi) is 4.90. The molecule has 1 aliphatic heterocycles. The molecule has 1 aromatic heterocycles. The van der Waals surface area contributed by atoms with E-state index in [4.69, 9.17) is 0 Å². The number of likely N-dealkylation sites (tertiary alicyclic amines) is 1. The third-order valence-corrected chi connectivity index (χ3v) is 6.35. The predicted molar refractivity (Wildman–Crippen MR) is 114 cm³/mol. The van der Waals surface area contributed by atoms with E-state index in [2.05, 4.69) is 39.6 Å². The molecule has 1 N–H and O–H groups in total. The summed E-state index contributed by atoms with van der Waals surface area (Å²) in [4.78, 5) is 15.3. The summed E-state index contributed by atoms with van der Waals surface area (Å²) in [6.07, 6.45) is 7.83. The molecule has 3 aromatic rings. The van der Waals surface area contributed by atoms with Gasteiger partial charge >= 0.3 is 0 Å². The van der Waals surface area contributed by atoms with Crippen molar-refractivity contribution in [3.63, 3.8) is 0 Å². The lowest BCUT2D eigenvalue weighted by Gasteiger charge is -2.35. The number of carbonyl (C=O) groups excluding carboxylic acids is 1. The van der Waals surface area contributed by atoms with Crippen LogP contribution in [0.1, 0.15) is 24.0 Å².